The topological polar surface area (TPSA) is 104 Å². The second-order valence-electron chi connectivity index (χ2n) is 10.7. The van der Waals surface area contributed by atoms with Gasteiger partial charge < -0.3 is 24.6 Å². The summed E-state index contributed by atoms with van der Waals surface area (Å²) in [4.78, 5) is 27.7. The Morgan fingerprint density at radius 2 is 2.02 bits per heavy atom. The number of methoxy groups -OCH3 is 1. The number of carbonyl (C=O) groups is 1. The average molecular weight is 539 g/mol. The van der Waals surface area contributed by atoms with Gasteiger partial charge in [0, 0.05) is 43.8 Å². The zero-order valence-corrected chi connectivity index (χ0v) is 23.0. The summed E-state index contributed by atoms with van der Waals surface area (Å²) >= 11 is 0. The van der Waals surface area contributed by atoms with Crippen molar-refractivity contribution in [3.63, 3.8) is 0 Å². The molecule has 40 heavy (non-hydrogen) atoms. The van der Waals surface area contributed by atoms with E-state index in [1.807, 2.05) is 43.3 Å². The molecule has 1 spiro atoms. The Kier molecular flexibility index (Phi) is 7.03. The van der Waals surface area contributed by atoms with E-state index in [-0.39, 0.29) is 17.4 Å². The highest BCUT2D eigenvalue weighted by Gasteiger charge is 2.48. The van der Waals surface area contributed by atoms with Gasteiger partial charge in [0.05, 0.1) is 30.7 Å². The van der Waals surface area contributed by atoms with Crippen LogP contribution in [0.5, 0.6) is 11.6 Å². The molecule has 3 aliphatic rings. The molecule has 206 valence electrons. The molecule has 2 saturated heterocycles. The van der Waals surface area contributed by atoms with E-state index in [9.17, 15) is 10.1 Å². The Morgan fingerprint density at radius 1 is 1.18 bits per heavy atom. The Bertz CT molecular complexity index is 1450. The first-order chi connectivity index (χ1) is 19.6. The molecule has 2 fully saturated rings. The summed E-state index contributed by atoms with van der Waals surface area (Å²) in [5.41, 5.74) is 4.28. The van der Waals surface area contributed by atoms with Crippen molar-refractivity contribution in [2.75, 3.05) is 51.3 Å². The molecule has 9 nitrogen and oxygen atoms in total. The van der Waals surface area contributed by atoms with E-state index >= 15 is 0 Å². The van der Waals surface area contributed by atoms with Gasteiger partial charge in [-0.3, -0.25) is 4.79 Å². The standard InChI is InChI=1S/C31H34N6O3/c1-3-40-29-22(6-5-14-34-29)25-10-9-24-28(35-25)30(38)37(21-11-15-33-19-21)20-31(24)12-16-36(17-13-31)26-7-4-8-27(39-2)23(26)18-32/h4-10,14,21,33H,3,11-13,15-17,19-20H2,1-2H3. The molecule has 0 bridgehead atoms. The Morgan fingerprint density at radius 3 is 2.75 bits per heavy atom. The van der Waals surface area contributed by atoms with Crippen LogP contribution in [0, 0.1) is 11.3 Å². The number of nitrogens with one attached hydrogen (secondary N) is 1. The number of aromatic nitrogens is 2. The number of amides is 1. The van der Waals surface area contributed by atoms with Crippen LogP contribution in [0.25, 0.3) is 11.3 Å². The van der Waals surface area contributed by atoms with Crippen molar-refractivity contribution in [2.24, 2.45) is 0 Å². The molecule has 6 rings (SSSR count). The van der Waals surface area contributed by atoms with Gasteiger partial charge in [0.15, 0.2) is 0 Å². The zero-order chi connectivity index (χ0) is 27.7. The lowest BCUT2D eigenvalue weighted by Crippen LogP contribution is -2.57. The monoisotopic (exact) mass is 538 g/mol. The highest BCUT2D eigenvalue weighted by atomic mass is 16.5. The maximum absolute atomic E-state index is 14.0. The van der Waals surface area contributed by atoms with Crippen molar-refractivity contribution < 1.29 is 14.3 Å². The predicted molar refractivity (Wildman–Crippen MR) is 152 cm³/mol. The molecule has 1 aromatic carbocycles. The fourth-order valence-corrected chi connectivity index (χ4v) is 6.53. The Hall–Kier alpha value is -4.16. The van der Waals surface area contributed by atoms with Crippen molar-refractivity contribution in [3.8, 4) is 29.0 Å². The summed E-state index contributed by atoms with van der Waals surface area (Å²) in [6.07, 6.45) is 4.35. The van der Waals surface area contributed by atoms with Crippen LogP contribution in [0.3, 0.4) is 0 Å². The van der Waals surface area contributed by atoms with Crippen LogP contribution in [0.2, 0.25) is 0 Å². The minimum absolute atomic E-state index is 0.0000160. The first-order valence-corrected chi connectivity index (χ1v) is 14.0. The van der Waals surface area contributed by atoms with Crippen molar-refractivity contribution in [3.05, 3.63) is 65.5 Å². The molecular formula is C31H34N6O3. The minimum Gasteiger partial charge on any atom is -0.495 e. The molecule has 5 heterocycles. The highest BCUT2D eigenvalue weighted by Crippen LogP contribution is 2.44. The fourth-order valence-electron chi connectivity index (χ4n) is 6.53. The van der Waals surface area contributed by atoms with Crippen LogP contribution in [0.4, 0.5) is 5.69 Å². The lowest BCUT2D eigenvalue weighted by Gasteiger charge is -2.49. The molecule has 1 atom stereocenters. The first-order valence-electron chi connectivity index (χ1n) is 14.0. The Balaban J connectivity index is 1.38. The number of carbonyl (C=O) groups excluding carboxylic acids is 1. The predicted octanol–water partition coefficient (Wildman–Crippen LogP) is 3.78. The van der Waals surface area contributed by atoms with Crippen LogP contribution >= 0.6 is 0 Å². The van der Waals surface area contributed by atoms with Crippen LogP contribution in [-0.2, 0) is 5.41 Å². The summed E-state index contributed by atoms with van der Waals surface area (Å²) in [5.74, 6) is 1.11. The van der Waals surface area contributed by atoms with E-state index in [0.29, 0.717) is 41.7 Å². The number of benzene rings is 1. The van der Waals surface area contributed by atoms with Gasteiger partial charge in [-0.15, -0.1) is 0 Å². The van der Waals surface area contributed by atoms with E-state index in [1.165, 1.54) is 0 Å². The molecule has 1 N–H and O–H groups in total. The third-order valence-electron chi connectivity index (χ3n) is 8.60. The molecule has 3 aromatic rings. The summed E-state index contributed by atoms with van der Waals surface area (Å²) in [6, 6.07) is 16.1. The van der Waals surface area contributed by atoms with Gasteiger partial charge in [-0.05, 0) is 68.6 Å². The van der Waals surface area contributed by atoms with Gasteiger partial charge in [-0.2, -0.15) is 5.26 Å². The number of hydrogen-bond donors (Lipinski definition) is 1. The van der Waals surface area contributed by atoms with E-state index in [2.05, 4.69) is 32.2 Å². The molecule has 0 aliphatic carbocycles. The number of piperidine rings is 1. The molecule has 0 radical (unpaired) electrons. The second kappa shape index (κ2) is 10.8. The minimum atomic E-state index is -0.211. The van der Waals surface area contributed by atoms with Gasteiger partial charge in [0.2, 0.25) is 5.88 Å². The summed E-state index contributed by atoms with van der Waals surface area (Å²) in [5, 5.41) is 13.3. The number of hydrogen-bond acceptors (Lipinski definition) is 8. The van der Waals surface area contributed by atoms with E-state index in [0.717, 1.165) is 62.3 Å². The van der Waals surface area contributed by atoms with Gasteiger partial charge in [0.1, 0.15) is 23.1 Å². The summed E-state index contributed by atoms with van der Waals surface area (Å²) < 4.78 is 11.2. The summed E-state index contributed by atoms with van der Waals surface area (Å²) in [6.45, 7) is 6.36. The van der Waals surface area contributed by atoms with Crippen molar-refractivity contribution >= 4 is 11.6 Å². The molecule has 1 amide bonds. The quantitative estimate of drug-likeness (QED) is 0.506. The normalized spacial score (nSPS) is 19.8. The van der Waals surface area contributed by atoms with Crippen molar-refractivity contribution in [2.45, 2.75) is 37.6 Å². The fraction of sp³-hybridized carbons (Fsp3) is 0.419. The molecule has 3 aliphatic heterocycles. The van der Waals surface area contributed by atoms with Gasteiger partial charge in [0.25, 0.3) is 5.91 Å². The third-order valence-corrected chi connectivity index (χ3v) is 8.60. The second-order valence-corrected chi connectivity index (χ2v) is 10.7. The smallest absolute Gasteiger partial charge is 0.273 e. The lowest BCUT2D eigenvalue weighted by atomic mass is 9.69. The number of pyridine rings is 2. The van der Waals surface area contributed by atoms with Gasteiger partial charge in [-0.1, -0.05) is 12.1 Å². The zero-order valence-electron chi connectivity index (χ0n) is 23.0. The van der Waals surface area contributed by atoms with Gasteiger partial charge >= 0.3 is 0 Å². The van der Waals surface area contributed by atoms with E-state index < -0.39 is 0 Å². The molecular weight excluding hydrogens is 504 g/mol. The van der Waals surface area contributed by atoms with E-state index in [1.54, 1.807) is 13.3 Å². The SMILES string of the molecule is CCOc1ncccc1-c1ccc2c(n1)C(=O)N(C1CCNC1)CC21CCN(c2cccc(OC)c2C#N)CC1. The van der Waals surface area contributed by atoms with Crippen LogP contribution in [-0.4, -0.2) is 73.3 Å². The van der Waals surface area contributed by atoms with Crippen LogP contribution in [0.15, 0.2) is 48.7 Å². The summed E-state index contributed by atoms with van der Waals surface area (Å²) in [7, 11) is 1.59. The molecule has 2 aromatic heterocycles. The van der Waals surface area contributed by atoms with E-state index in [4.69, 9.17) is 14.5 Å². The van der Waals surface area contributed by atoms with Crippen LogP contribution < -0.4 is 19.7 Å². The lowest BCUT2D eigenvalue weighted by molar-refractivity contribution is 0.0555. The third kappa shape index (κ3) is 4.42. The van der Waals surface area contributed by atoms with Crippen LogP contribution in [0.1, 0.15) is 47.8 Å². The van der Waals surface area contributed by atoms with Crippen molar-refractivity contribution in [1.29, 1.82) is 5.26 Å². The molecule has 0 saturated carbocycles. The maximum Gasteiger partial charge on any atom is 0.273 e. The van der Waals surface area contributed by atoms with Gasteiger partial charge in [-0.25, -0.2) is 9.97 Å². The maximum atomic E-state index is 14.0. The average Bonchev–Trinajstić information content (AvgIpc) is 3.54. The number of anilines is 1. The first kappa shape index (κ1) is 26.1. The molecule has 9 heteroatoms. The number of nitrogens with zero attached hydrogens (tertiary/aromatic N) is 5. The number of rotatable bonds is 6. The number of ether oxygens (including phenoxy) is 2. The largest absolute Gasteiger partial charge is 0.495 e. The van der Waals surface area contributed by atoms with Crippen molar-refractivity contribution in [1.82, 2.24) is 20.2 Å². The number of fused-ring (bicyclic) bond motifs is 2. The Labute approximate surface area is 234 Å². The molecule has 1 unspecified atom stereocenters. The number of nitriles is 1. The highest BCUT2D eigenvalue weighted by molar-refractivity contribution is 5.96.